The SMILES string of the molecule is CCNC(=NCc1ccc2c(c1)OCO2)NC1C2CCCOC2C1(C)C.I. The van der Waals surface area contributed by atoms with Gasteiger partial charge in [0.15, 0.2) is 17.5 Å². The molecule has 27 heavy (non-hydrogen) atoms. The minimum absolute atomic E-state index is 0. The Kier molecular flexibility index (Phi) is 6.40. The number of rotatable bonds is 4. The van der Waals surface area contributed by atoms with Crippen molar-refractivity contribution in [3.05, 3.63) is 23.8 Å². The molecule has 0 aromatic heterocycles. The summed E-state index contributed by atoms with van der Waals surface area (Å²) >= 11 is 0. The summed E-state index contributed by atoms with van der Waals surface area (Å²) in [5, 5.41) is 7.05. The van der Waals surface area contributed by atoms with E-state index in [-0.39, 0.29) is 29.4 Å². The fourth-order valence-corrected chi connectivity index (χ4v) is 4.49. The summed E-state index contributed by atoms with van der Waals surface area (Å²) in [6, 6.07) is 6.39. The van der Waals surface area contributed by atoms with Gasteiger partial charge in [0, 0.05) is 30.5 Å². The molecule has 0 radical (unpaired) electrons. The van der Waals surface area contributed by atoms with Crippen LogP contribution in [0.3, 0.4) is 0 Å². The Hall–Kier alpha value is -1.22. The van der Waals surface area contributed by atoms with E-state index in [1.807, 2.05) is 18.2 Å². The molecule has 2 aliphatic heterocycles. The van der Waals surface area contributed by atoms with Gasteiger partial charge >= 0.3 is 0 Å². The average Bonchev–Trinajstić information content (AvgIpc) is 3.11. The van der Waals surface area contributed by atoms with E-state index in [0.29, 0.717) is 31.4 Å². The van der Waals surface area contributed by atoms with Crippen molar-refractivity contribution in [3.63, 3.8) is 0 Å². The highest BCUT2D eigenvalue weighted by Gasteiger charge is 2.58. The fourth-order valence-electron chi connectivity index (χ4n) is 4.49. The van der Waals surface area contributed by atoms with Gasteiger partial charge in [-0.05, 0) is 37.5 Å². The standard InChI is InChI=1S/C20H29N3O3.HI/c1-4-21-19(22-11-13-7-8-15-16(10-13)26-12-25-15)23-17-14-6-5-9-24-18(14)20(17,2)3;/h7-8,10,14,17-18H,4-6,9,11-12H2,1-3H3,(H2,21,22,23);1H. The maximum Gasteiger partial charge on any atom is 0.231 e. The van der Waals surface area contributed by atoms with Crippen molar-refractivity contribution >= 4 is 29.9 Å². The first-order valence-corrected chi connectivity index (χ1v) is 9.64. The third-order valence-electron chi connectivity index (χ3n) is 5.82. The van der Waals surface area contributed by atoms with Crippen molar-refractivity contribution in [3.8, 4) is 11.5 Å². The molecule has 6 nitrogen and oxygen atoms in total. The van der Waals surface area contributed by atoms with E-state index in [1.54, 1.807) is 0 Å². The Morgan fingerprint density at radius 3 is 2.89 bits per heavy atom. The Morgan fingerprint density at radius 2 is 2.07 bits per heavy atom. The van der Waals surface area contributed by atoms with Gasteiger partial charge in [-0.3, -0.25) is 0 Å². The Morgan fingerprint density at radius 1 is 1.26 bits per heavy atom. The highest BCUT2D eigenvalue weighted by Crippen LogP contribution is 2.51. The number of benzene rings is 1. The number of nitrogens with one attached hydrogen (secondary N) is 2. The number of guanidine groups is 1. The van der Waals surface area contributed by atoms with Crippen LogP contribution in [0.2, 0.25) is 0 Å². The molecule has 0 bridgehead atoms. The maximum atomic E-state index is 6.01. The second-order valence-corrected chi connectivity index (χ2v) is 7.92. The molecule has 1 saturated heterocycles. The summed E-state index contributed by atoms with van der Waals surface area (Å²) in [5.74, 6) is 3.06. The number of aliphatic imine (C=N–C) groups is 1. The van der Waals surface area contributed by atoms with E-state index in [9.17, 15) is 0 Å². The number of nitrogens with zero attached hydrogens (tertiary/aromatic N) is 1. The molecule has 1 aromatic carbocycles. The van der Waals surface area contributed by atoms with Crippen molar-refractivity contribution in [2.24, 2.45) is 16.3 Å². The molecule has 1 aliphatic carbocycles. The van der Waals surface area contributed by atoms with Crippen molar-refractivity contribution < 1.29 is 14.2 Å². The van der Waals surface area contributed by atoms with Crippen LogP contribution in [-0.2, 0) is 11.3 Å². The summed E-state index contributed by atoms with van der Waals surface area (Å²) in [6.45, 7) is 9.31. The van der Waals surface area contributed by atoms with E-state index >= 15 is 0 Å². The molecular formula is C20H30IN3O3. The molecule has 7 heteroatoms. The quantitative estimate of drug-likeness (QED) is 0.388. The van der Waals surface area contributed by atoms with E-state index in [0.717, 1.165) is 42.6 Å². The summed E-state index contributed by atoms with van der Waals surface area (Å²) in [4.78, 5) is 4.79. The average molecular weight is 487 g/mol. The van der Waals surface area contributed by atoms with Gasteiger partial charge in [-0.15, -0.1) is 24.0 Å². The monoisotopic (exact) mass is 487 g/mol. The van der Waals surface area contributed by atoms with E-state index in [2.05, 4.69) is 31.4 Å². The lowest BCUT2D eigenvalue weighted by Gasteiger charge is -2.60. The van der Waals surface area contributed by atoms with Gasteiger partial charge in [-0.2, -0.15) is 0 Å². The van der Waals surface area contributed by atoms with E-state index in [1.165, 1.54) is 6.42 Å². The van der Waals surface area contributed by atoms with Gasteiger partial charge in [0.1, 0.15) is 0 Å². The zero-order valence-corrected chi connectivity index (χ0v) is 18.6. The van der Waals surface area contributed by atoms with Crippen LogP contribution >= 0.6 is 24.0 Å². The van der Waals surface area contributed by atoms with Crippen LogP contribution in [0, 0.1) is 11.3 Å². The normalized spacial score (nSPS) is 27.8. The number of hydrogen-bond acceptors (Lipinski definition) is 4. The summed E-state index contributed by atoms with van der Waals surface area (Å²) in [7, 11) is 0. The number of halogens is 1. The zero-order chi connectivity index (χ0) is 18.1. The lowest BCUT2D eigenvalue weighted by Crippen LogP contribution is -2.71. The van der Waals surface area contributed by atoms with Crippen molar-refractivity contribution in [1.29, 1.82) is 0 Å². The second kappa shape index (κ2) is 8.43. The predicted octanol–water partition coefficient (Wildman–Crippen LogP) is 3.29. The molecule has 1 aromatic rings. The highest BCUT2D eigenvalue weighted by atomic mass is 127. The van der Waals surface area contributed by atoms with Crippen molar-refractivity contribution in [1.82, 2.24) is 10.6 Å². The molecule has 3 atom stereocenters. The number of hydrogen-bond donors (Lipinski definition) is 2. The van der Waals surface area contributed by atoms with Crippen molar-refractivity contribution in [2.75, 3.05) is 19.9 Å². The van der Waals surface area contributed by atoms with Gasteiger partial charge in [0.25, 0.3) is 0 Å². The van der Waals surface area contributed by atoms with E-state index in [4.69, 9.17) is 19.2 Å². The zero-order valence-electron chi connectivity index (χ0n) is 16.3. The third-order valence-corrected chi connectivity index (χ3v) is 5.82. The first kappa shape index (κ1) is 20.5. The van der Waals surface area contributed by atoms with Crippen LogP contribution < -0.4 is 20.1 Å². The van der Waals surface area contributed by atoms with E-state index < -0.39 is 0 Å². The lowest BCUT2D eigenvalue weighted by atomic mass is 9.55. The van der Waals surface area contributed by atoms with Crippen LogP contribution in [0.15, 0.2) is 23.2 Å². The van der Waals surface area contributed by atoms with Gasteiger partial charge < -0.3 is 24.8 Å². The Bertz CT molecular complexity index is 695. The molecule has 3 unspecified atom stereocenters. The summed E-state index contributed by atoms with van der Waals surface area (Å²) < 4.78 is 16.8. The van der Waals surface area contributed by atoms with Crippen LogP contribution in [0.4, 0.5) is 0 Å². The largest absolute Gasteiger partial charge is 0.454 e. The number of ether oxygens (including phenoxy) is 3. The second-order valence-electron chi connectivity index (χ2n) is 7.92. The minimum atomic E-state index is 0. The molecule has 150 valence electrons. The van der Waals surface area contributed by atoms with Gasteiger partial charge in [0.05, 0.1) is 12.6 Å². The molecular weight excluding hydrogens is 457 g/mol. The minimum Gasteiger partial charge on any atom is -0.454 e. The molecule has 1 saturated carbocycles. The molecule has 2 heterocycles. The topological polar surface area (TPSA) is 64.1 Å². The first-order valence-electron chi connectivity index (χ1n) is 9.64. The van der Waals surface area contributed by atoms with Crippen LogP contribution in [0.25, 0.3) is 0 Å². The maximum absolute atomic E-state index is 6.01. The third kappa shape index (κ3) is 3.99. The smallest absolute Gasteiger partial charge is 0.231 e. The first-order chi connectivity index (χ1) is 12.6. The Labute approximate surface area is 178 Å². The number of fused-ring (bicyclic) bond motifs is 2. The molecule has 2 fully saturated rings. The summed E-state index contributed by atoms with van der Waals surface area (Å²) in [6.07, 6.45) is 2.75. The van der Waals surface area contributed by atoms with Crippen LogP contribution in [0.5, 0.6) is 11.5 Å². The molecule has 4 rings (SSSR count). The van der Waals surface area contributed by atoms with Crippen LogP contribution in [0.1, 0.15) is 39.2 Å². The molecule has 0 amide bonds. The fraction of sp³-hybridized carbons (Fsp3) is 0.650. The molecule has 3 aliphatic rings. The Balaban J connectivity index is 0.00000210. The van der Waals surface area contributed by atoms with Crippen molar-refractivity contribution in [2.45, 2.75) is 52.3 Å². The summed E-state index contributed by atoms with van der Waals surface area (Å²) in [5.41, 5.74) is 1.23. The molecule has 0 spiro atoms. The van der Waals surface area contributed by atoms with Gasteiger partial charge in [0.2, 0.25) is 6.79 Å². The highest BCUT2D eigenvalue weighted by molar-refractivity contribution is 14.0. The van der Waals surface area contributed by atoms with Gasteiger partial charge in [-0.1, -0.05) is 19.9 Å². The molecule has 2 N–H and O–H groups in total. The predicted molar refractivity (Wildman–Crippen MR) is 116 cm³/mol. The van der Waals surface area contributed by atoms with Gasteiger partial charge in [-0.25, -0.2) is 4.99 Å². The van der Waals surface area contributed by atoms with Crippen LogP contribution in [-0.4, -0.2) is 38.0 Å². The lowest BCUT2D eigenvalue weighted by molar-refractivity contribution is -0.188.